The average molecular weight is 261 g/mol. The van der Waals surface area contributed by atoms with Gasteiger partial charge in [-0.05, 0) is 0 Å². The zero-order valence-electron chi connectivity index (χ0n) is 7.66. The van der Waals surface area contributed by atoms with Crippen molar-refractivity contribution in [2.24, 2.45) is 0 Å². The van der Waals surface area contributed by atoms with Gasteiger partial charge in [-0.1, -0.05) is 0 Å². The minimum Gasteiger partial charge on any atom is -0.295 e. The van der Waals surface area contributed by atoms with Gasteiger partial charge in [-0.15, -0.1) is 14.1 Å². The van der Waals surface area contributed by atoms with Gasteiger partial charge in [0.2, 0.25) is 5.65 Å². The molecule has 88 valence electrons. The number of nitrogens with one attached hydrogen (secondary N) is 1. The topological polar surface area (TPSA) is 110 Å². The number of rotatable bonds is 0. The summed E-state index contributed by atoms with van der Waals surface area (Å²) in [7, 11) is -4.10. The smallest absolute Gasteiger partial charge is 0.295 e. The van der Waals surface area contributed by atoms with Crippen molar-refractivity contribution in [3.05, 3.63) is 16.4 Å². The van der Waals surface area contributed by atoms with E-state index in [4.69, 9.17) is 4.62 Å². The van der Waals surface area contributed by atoms with Gasteiger partial charge >= 0.3 is 19.5 Å². The summed E-state index contributed by atoms with van der Waals surface area (Å²) in [5.74, 6) is -0.205. The molecule has 0 saturated heterocycles. The normalized spacial score (nSPS) is 24.3. The van der Waals surface area contributed by atoms with Crippen LogP contribution in [-0.4, -0.2) is 19.4 Å². The largest absolute Gasteiger partial charge is 0.649 e. The zero-order valence-corrected chi connectivity index (χ0v) is 8.55. The number of hydrogen-bond donors (Lipinski definition) is 1. The number of imidazole rings is 1. The van der Waals surface area contributed by atoms with Gasteiger partial charge in [-0.25, -0.2) is 10.0 Å². The summed E-state index contributed by atoms with van der Waals surface area (Å²) in [4.78, 5) is 18.5. The van der Waals surface area contributed by atoms with Gasteiger partial charge in [-0.3, -0.25) is 14.0 Å². The Morgan fingerprint density at radius 1 is 1.29 bits per heavy atom. The number of fused-ring (bicyclic) bond motifs is 1. The van der Waals surface area contributed by atoms with Crippen molar-refractivity contribution in [3.8, 4) is 0 Å². The SMILES string of the molecule is O=c1nc2n3c4nc(F)n(c14)OP(=O)(ON2)O3. The van der Waals surface area contributed by atoms with E-state index in [0.29, 0.717) is 4.73 Å². The number of nitrogens with zero attached hydrogens (tertiary/aromatic N) is 4. The molecule has 2 aliphatic heterocycles. The van der Waals surface area contributed by atoms with E-state index in [9.17, 15) is 13.8 Å². The maximum absolute atomic E-state index is 13.4. The van der Waals surface area contributed by atoms with Crippen LogP contribution in [0.1, 0.15) is 0 Å². The Morgan fingerprint density at radius 2 is 2.06 bits per heavy atom. The molecule has 0 spiro atoms. The third-order valence-corrected chi connectivity index (χ3v) is 3.23. The molecule has 0 saturated carbocycles. The lowest BCUT2D eigenvalue weighted by molar-refractivity contribution is 0.0885. The third-order valence-electron chi connectivity index (χ3n) is 2.19. The van der Waals surface area contributed by atoms with Crippen LogP contribution in [0.5, 0.6) is 0 Å². The molecule has 2 aromatic heterocycles. The van der Waals surface area contributed by atoms with E-state index in [1.807, 2.05) is 0 Å². The lowest BCUT2D eigenvalue weighted by atomic mass is 10.5. The van der Waals surface area contributed by atoms with Crippen molar-refractivity contribution in [3.63, 3.8) is 0 Å². The van der Waals surface area contributed by atoms with E-state index in [2.05, 4.69) is 24.7 Å². The van der Waals surface area contributed by atoms with Gasteiger partial charge in [0.05, 0.1) is 0 Å². The van der Waals surface area contributed by atoms with E-state index in [1.165, 1.54) is 0 Å². The summed E-state index contributed by atoms with van der Waals surface area (Å²) < 4.78 is 40.4. The van der Waals surface area contributed by atoms with Crippen LogP contribution in [0.4, 0.5) is 10.3 Å². The zero-order chi connectivity index (χ0) is 11.8. The standard InChI is InChI=1S/C5HFN5O5P/c6-4-7-2-1-3(12)8-5-9-14-17(13,15-10(1)4)16-11(2)5/h(H,8,9,12). The molecule has 1 atom stereocenters. The molecule has 4 heterocycles. The van der Waals surface area contributed by atoms with Crippen LogP contribution < -0.4 is 20.3 Å². The van der Waals surface area contributed by atoms with Crippen molar-refractivity contribution in [1.29, 1.82) is 0 Å². The number of halogens is 1. The second kappa shape index (κ2) is 2.41. The number of hydrogen-bond acceptors (Lipinski definition) is 8. The van der Waals surface area contributed by atoms with Crippen LogP contribution in [0, 0.1) is 6.08 Å². The summed E-state index contributed by atoms with van der Waals surface area (Å²) in [6, 6.07) is 0. The first-order valence-electron chi connectivity index (χ1n) is 4.23. The molecule has 2 aromatic rings. The molecule has 0 aromatic carbocycles. The molecule has 10 nitrogen and oxygen atoms in total. The van der Waals surface area contributed by atoms with Crippen molar-refractivity contribution in [2.75, 3.05) is 5.48 Å². The summed E-state index contributed by atoms with van der Waals surface area (Å²) in [5.41, 5.74) is 0.762. The van der Waals surface area contributed by atoms with Crippen LogP contribution in [0.2, 0.25) is 0 Å². The van der Waals surface area contributed by atoms with E-state index < -0.39 is 19.5 Å². The lowest BCUT2D eigenvalue weighted by Gasteiger charge is -2.22. The molecule has 1 N–H and O–H groups in total. The van der Waals surface area contributed by atoms with Crippen molar-refractivity contribution in [2.45, 2.75) is 0 Å². The van der Waals surface area contributed by atoms with E-state index in [-0.39, 0.29) is 17.1 Å². The predicted molar refractivity (Wildman–Crippen MR) is 47.2 cm³/mol. The lowest BCUT2D eigenvalue weighted by Crippen LogP contribution is -2.28. The fourth-order valence-corrected chi connectivity index (χ4v) is 2.54. The number of anilines is 1. The van der Waals surface area contributed by atoms with Crippen molar-refractivity contribution >= 4 is 24.9 Å². The minimum atomic E-state index is -4.10. The van der Waals surface area contributed by atoms with Gasteiger partial charge in [0.1, 0.15) is 0 Å². The molecule has 0 fully saturated rings. The van der Waals surface area contributed by atoms with Crippen LogP contribution in [-0.2, 0) is 9.19 Å². The molecule has 0 aliphatic carbocycles. The highest BCUT2D eigenvalue weighted by molar-refractivity contribution is 7.49. The second-order valence-corrected chi connectivity index (χ2v) is 4.59. The Hall–Kier alpha value is -2.13. The highest BCUT2D eigenvalue weighted by Gasteiger charge is 2.44. The molecular weight excluding hydrogens is 260 g/mol. The Labute approximate surface area is 90.0 Å². The molecule has 5 bridgehead atoms. The molecular formula is C5HFN5O5P. The van der Waals surface area contributed by atoms with Crippen LogP contribution in [0.25, 0.3) is 11.2 Å². The molecule has 0 radical (unpaired) electrons. The van der Waals surface area contributed by atoms with Gasteiger partial charge in [-0.2, -0.15) is 14.4 Å². The summed E-state index contributed by atoms with van der Waals surface area (Å²) in [6.45, 7) is 0. The van der Waals surface area contributed by atoms with Gasteiger partial charge in [0.25, 0.3) is 5.95 Å². The van der Waals surface area contributed by atoms with E-state index in [0.717, 1.165) is 4.73 Å². The maximum Gasteiger partial charge on any atom is 0.649 e. The first-order chi connectivity index (χ1) is 8.07. The summed E-state index contributed by atoms with van der Waals surface area (Å²) >= 11 is 0. The fraction of sp³-hybridized carbons (Fsp3) is 0. The first kappa shape index (κ1) is 8.96. The highest BCUT2D eigenvalue weighted by atomic mass is 31.2. The summed E-state index contributed by atoms with van der Waals surface area (Å²) in [6.07, 6.45) is -1.15. The highest BCUT2D eigenvalue weighted by Crippen LogP contribution is 2.47. The maximum atomic E-state index is 13.4. The molecule has 1 unspecified atom stereocenters. The Balaban J connectivity index is 2.32. The fourth-order valence-electron chi connectivity index (χ4n) is 1.55. The molecule has 4 rings (SSSR count). The van der Waals surface area contributed by atoms with Crippen LogP contribution in [0.3, 0.4) is 0 Å². The Kier molecular flexibility index (Phi) is 1.27. The van der Waals surface area contributed by atoms with Gasteiger partial charge < -0.3 is 0 Å². The third kappa shape index (κ3) is 0.929. The Bertz CT molecular complexity index is 781. The van der Waals surface area contributed by atoms with Gasteiger partial charge in [0.15, 0.2) is 5.52 Å². The monoisotopic (exact) mass is 261 g/mol. The number of aromatic nitrogens is 4. The molecule has 12 heteroatoms. The first-order valence-corrected chi connectivity index (χ1v) is 5.69. The van der Waals surface area contributed by atoms with Crippen LogP contribution >= 0.6 is 7.82 Å². The van der Waals surface area contributed by atoms with Crippen molar-refractivity contribution < 1.29 is 22.8 Å². The summed E-state index contributed by atoms with van der Waals surface area (Å²) in [5, 5.41) is 0. The van der Waals surface area contributed by atoms with E-state index >= 15 is 0 Å². The van der Waals surface area contributed by atoms with Crippen molar-refractivity contribution in [1.82, 2.24) is 19.4 Å². The van der Waals surface area contributed by atoms with Crippen LogP contribution in [0.15, 0.2) is 4.79 Å². The quantitative estimate of drug-likeness (QED) is 0.478. The van der Waals surface area contributed by atoms with Gasteiger partial charge in [0, 0.05) is 0 Å². The molecule has 2 aliphatic rings. The number of phosphoric acid groups is 1. The molecule has 0 amide bonds. The van der Waals surface area contributed by atoms with E-state index in [1.54, 1.807) is 0 Å². The average Bonchev–Trinajstić information content (AvgIpc) is 2.57. The Morgan fingerprint density at radius 3 is 2.88 bits per heavy atom. The predicted octanol–water partition coefficient (Wildman–Crippen LogP) is -0.932. The molecule has 17 heavy (non-hydrogen) atoms. The second-order valence-electron chi connectivity index (χ2n) is 3.19. The minimum absolute atomic E-state index is 0.203.